The summed E-state index contributed by atoms with van der Waals surface area (Å²) in [6.45, 7) is 4.29. The normalized spacial score (nSPS) is 19.4. The Morgan fingerprint density at radius 2 is 2.43 bits per heavy atom. The highest BCUT2D eigenvalue weighted by atomic mass is 16.5. The van der Waals surface area contributed by atoms with Crippen LogP contribution in [-0.4, -0.2) is 12.6 Å². The summed E-state index contributed by atoms with van der Waals surface area (Å²) < 4.78 is 10.3. The molecule has 0 aromatic carbocycles. The molecule has 1 aromatic heterocycles. The van der Waals surface area contributed by atoms with E-state index in [-0.39, 0.29) is 11.9 Å². The van der Waals surface area contributed by atoms with Crippen LogP contribution < -0.4 is 0 Å². The second kappa shape index (κ2) is 3.48. The summed E-state index contributed by atoms with van der Waals surface area (Å²) in [7, 11) is 0. The lowest BCUT2D eigenvalue weighted by Crippen LogP contribution is -2.18. The molecule has 1 aromatic rings. The van der Waals surface area contributed by atoms with Crippen molar-refractivity contribution in [2.24, 2.45) is 5.92 Å². The van der Waals surface area contributed by atoms with E-state index in [0.29, 0.717) is 13.0 Å². The molecule has 1 aliphatic rings. The number of carbonyl (C=O) groups is 1. The zero-order chi connectivity index (χ0) is 10.1. The monoisotopic (exact) mass is 194 g/mol. The van der Waals surface area contributed by atoms with Crippen molar-refractivity contribution >= 4 is 5.97 Å². The van der Waals surface area contributed by atoms with E-state index in [0.717, 1.165) is 17.7 Å². The van der Waals surface area contributed by atoms with Gasteiger partial charge in [-0.15, -0.1) is 0 Å². The first kappa shape index (κ1) is 9.31. The molecule has 3 nitrogen and oxygen atoms in total. The Balaban J connectivity index is 2.08. The minimum absolute atomic E-state index is 0.0244. The molecule has 1 aliphatic carbocycles. The van der Waals surface area contributed by atoms with Gasteiger partial charge in [0.05, 0.1) is 18.8 Å². The summed E-state index contributed by atoms with van der Waals surface area (Å²) in [4.78, 5) is 11.5. The van der Waals surface area contributed by atoms with Gasteiger partial charge in [0.2, 0.25) is 0 Å². The first-order valence-electron chi connectivity index (χ1n) is 4.94. The first-order valence-corrected chi connectivity index (χ1v) is 4.94. The van der Waals surface area contributed by atoms with Crippen molar-refractivity contribution in [3.8, 4) is 0 Å². The van der Waals surface area contributed by atoms with Crippen molar-refractivity contribution in [2.45, 2.75) is 26.7 Å². The zero-order valence-corrected chi connectivity index (χ0v) is 8.50. The molecule has 0 amide bonds. The lowest BCUT2D eigenvalue weighted by Gasteiger charge is -2.07. The van der Waals surface area contributed by atoms with Crippen molar-refractivity contribution in [3.63, 3.8) is 0 Å². The number of hydrogen-bond acceptors (Lipinski definition) is 3. The van der Waals surface area contributed by atoms with E-state index in [2.05, 4.69) is 0 Å². The first-order chi connectivity index (χ1) is 6.72. The topological polar surface area (TPSA) is 39.4 Å². The van der Waals surface area contributed by atoms with E-state index in [1.54, 1.807) is 6.26 Å². The number of carbonyl (C=O) groups excluding carboxylic acids is 1. The third kappa shape index (κ3) is 1.43. The summed E-state index contributed by atoms with van der Waals surface area (Å²) in [5, 5.41) is 0. The van der Waals surface area contributed by atoms with E-state index in [1.165, 1.54) is 5.56 Å². The van der Waals surface area contributed by atoms with Crippen molar-refractivity contribution < 1.29 is 13.9 Å². The van der Waals surface area contributed by atoms with Crippen molar-refractivity contribution in [3.05, 3.63) is 23.2 Å². The molecular weight excluding hydrogens is 180 g/mol. The molecule has 14 heavy (non-hydrogen) atoms. The third-order valence-corrected chi connectivity index (χ3v) is 2.69. The van der Waals surface area contributed by atoms with Gasteiger partial charge in [0.15, 0.2) is 0 Å². The lowest BCUT2D eigenvalue weighted by atomic mass is 10.1. The van der Waals surface area contributed by atoms with Crippen LogP contribution in [0, 0.1) is 12.8 Å². The maximum atomic E-state index is 11.5. The van der Waals surface area contributed by atoms with Gasteiger partial charge in [-0.05, 0) is 31.4 Å². The van der Waals surface area contributed by atoms with Crippen LogP contribution in [0.2, 0.25) is 0 Å². The third-order valence-electron chi connectivity index (χ3n) is 2.69. The maximum Gasteiger partial charge on any atom is 0.309 e. The van der Waals surface area contributed by atoms with E-state index in [4.69, 9.17) is 9.15 Å². The van der Waals surface area contributed by atoms with Gasteiger partial charge in [0, 0.05) is 6.42 Å². The van der Waals surface area contributed by atoms with E-state index in [9.17, 15) is 4.79 Å². The number of aryl methyl sites for hydroxylation is 1. The minimum atomic E-state index is -0.0988. The van der Waals surface area contributed by atoms with Gasteiger partial charge in [0.25, 0.3) is 0 Å². The molecular formula is C11H14O3. The Kier molecular flexibility index (Phi) is 2.32. The number of rotatable bonds is 2. The van der Waals surface area contributed by atoms with Crippen LogP contribution in [0.15, 0.2) is 10.7 Å². The molecule has 76 valence electrons. The fraction of sp³-hybridized carbons (Fsp3) is 0.545. The van der Waals surface area contributed by atoms with Gasteiger partial charge >= 0.3 is 5.97 Å². The quantitative estimate of drug-likeness (QED) is 0.675. The van der Waals surface area contributed by atoms with Crippen molar-refractivity contribution in [2.75, 3.05) is 6.61 Å². The molecule has 0 fully saturated rings. The van der Waals surface area contributed by atoms with Crippen LogP contribution in [0.5, 0.6) is 0 Å². The molecule has 3 heteroatoms. The molecule has 0 radical (unpaired) electrons. The largest absolute Gasteiger partial charge is 0.469 e. The molecule has 0 N–H and O–H groups in total. The molecule has 1 atom stereocenters. The highest BCUT2D eigenvalue weighted by Gasteiger charge is 2.31. The van der Waals surface area contributed by atoms with Crippen molar-refractivity contribution in [1.82, 2.24) is 0 Å². The Morgan fingerprint density at radius 3 is 3.07 bits per heavy atom. The van der Waals surface area contributed by atoms with Crippen LogP contribution in [0.1, 0.15) is 23.8 Å². The number of ether oxygens (including phenoxy) is 1. The number of furan rings is 1. The number of hydrogen-bond donors (Lipinski definition) is 0. The minimum Gasteiger partial charge on any atom is -0.469 e. The van der Waals surface area contributed by atoms with E-state index < -0.39 is 0 Å². The predicted molar refractivity (Wildman–Crippen MR) is 51.0 cm³/mol. The Bertz CT molecular complexity index is 351. The standard InChI is InChI=1S/C11H14O3/c1-3-13-11(12)8-4-9-7(2)6-14-10(9)5-8/h6,8H,3-5H2,1-2H3. The van der Waals surface area contributed by atoms with Crippen LogP contribution in [-0.2, 0) is 22.4 Å². The lowest BCUT2D eigenvalue weighted by molar-refractivity contribution is -0.147. The summed E-state index contributed by atoms with van der Waals surface area (Å²) in [5.41, 5.74) is 2.34. The second-order valence-electron chi connectivity index (χ2n) is 3.68. The zero-order valence-electron chi connectivity index (χ0n) is 8.50. The summed E-state index contributed by atoms with van der Waals surface area (Å²) >= 11 is 0. The molecule has 1 unspecified atom stereocenters. The predicted octanol–water partition coefficient (Wildman–Crippen LogP) is 1.87. The smallest absolute Gasteiger partial charge is 0.309 e. The summed E-state index contributed by atoms with van der Waals surface area (Å²) in [6, 6.07) is 0. The summed E-state index contributed by atoms with van der Waals surface area (Å²) in [5.74, 6) is 0.836. The molecule has 0 bridgehead atoms. The van der Waals surface area contributed by atoms with Gasteiger partial charge in [-0.1, -0.05) is 0 Å². The Morgan fingerprint density at radius 1 is 1.64 bits per heavy atom. The van der Waals surface area contributed by atoms with E-state index >= 15 is 0 Å². The number of fused-ring (bicyclic) bond motifs is 1. The Labute approximate surface area is 83.0 Å². The van der Waals surface area contributed by atoms with Gasteiger partial charge in [-0.3, -0.25) is 4.79 Å². The van der Waals surface area contributed by atoms with Gasteiger partial charge in [-0.2, -0.15) is 0 Å². The average molecular weight is 194 g/mol. The average Bonchev–Trinajstić information content (AvgIpc) is 2.69. The van der Waals surface area contributed by atoms with Crippen LogP contribution in [0.25, 0.3) is 0 Å². The number of esters is 1. The van der Waals surface area contributed by atoms with Gasteiger partial charge in [-0.25, -0.2) is 0 Å². The fourth-order valence-corrected chi connectivity index (χ4v) is 1.94. The van der Waals surface area contributed by atoms with Crippen LogP contribution in [0.4, 0.5) is 0 Å². The molecule has 0 aliphatic heterocycles. The highest BCUT2D eigenvalue weighted by molar-refractivity contribution is 5.74. The molecule has 0 spiro atoms. The molecule has 0 saturated heterocycles. The molecule has 2 rings (SSSR count). The van der Waals surface area contributed by atoms with Gasteiger partial charge < -0.3 is 9.15 Å². The Hall–Kier alpha value is -1.25. The molecule has 0 saturated carbocycles. The van der Waals surface area contributed by atoms with E-state index in [1.807, 2.05) is 13.8 Å². The van der Waals surface area contributed by atoms with Crippen LogP contribution in [0.3, 0.4) is 0 Å². The highest BCUT2D eigenvalue weighted by Crippen LogP contribution is 2.31. The maximum absolute atomic E-state index is 11.5. The van der Waals surface area contributed by atoms with Crippen molar-refractivity contribution in [1.29, 1.82) is 0 Å². The molecule has 1 heterocycles. The summed E-state index contributed by atoms with van der Waals surface area (Å²) in [6.07, 6.45) is 3.23. The SMILES string of the molecule is CCOC(=O)C1Cc2occ(C)c2C1. The fourth-order valence-electron chi connectivity index (χ4n) is 1.94. The second-order valence-corrected chi connectivity index (χ2v) is 3.68. The van der Waals surface area contributed by atoms with Gasteiger partial charge in [0.1, 0.15) is 5.76 Å². The van der Waals surface area contributed by atoms with Crippen LogP contribution >= 0.6 is 0 Å².